The van der Waals surface area contributed by atoms with Crippen LogP contribution >= 0.6 is 7.60 Å². The standard InChI is InChI=1S/C16H24N5O3P/c1-12-10-17-13(2)21(12)16-9-15(18-11-19-16)20-6-3-14(4-7-20)5-8-25(22,23)24/h9-11,14H,3-8H2,1-2H3,(H2,22,23,24). The molecule has 0 amide bonds. The van der Waals surface area contributed by atoms with E-state index in [4.69, 9.17) is 9.79 Å². The van der Waals surface area contributed by atoms with Crippen molar-refractivity contribution in [2.45, 2.75) is 33.1 Å². The predicted molar refractivity (Wildman–Crippen MR) is 95.1 cm³/mol. The maximum Gasteiger partial charge on any atom is 0.325 e. The maximum atomic E-state index is 11.0. The molecule has 9 heteroatoms. The van der Waals surface area contributed by atoms with Crippen molar-refractivity contribution >= 4 is 13.4 Å². The van der Waals surface area contributed by atoms with E-state index >= 15 is 0 Å². The number of hydrogen-bond donors (Lipinski definition) is 2. The zero-order valence-electron chi connectivity index (χ0n) is 14.5. The summed E-state index contributed by atoms with van der Waals surface area (Å²) < 4.78 is 13.0. The molecule has 136 valence electrons. The van der Waals surface area contributed by atoms with Crippen LogP contribution in [-0.2, 0) is 4.57 Å². The van der Waals surface area contributed by atoms with E-state index < -0.39 is 7.60 Å². The highest BCUT2D eigenvalue weighted by Gasteiger charge is 2.23. The summed E-state index contributed by atoms with van der Waals surface area (Å²) in [6, 6.07) is 1.97. The topological polar surface area (TPSA) is 104 Å². The fraction of sp³-hybridized carbons (Fsp3) is 0.562. The lowest BCUT2D eigenvalue weighted by atomic mass is 9.94. The largest absolute Gasteiger partial charge is 0.356 e. The molecule has 2 aromatic heterocycles. The molecular weight excluding hydrogens is 341 g/mol. The molecule has 0 saturated carbocycles. The van der Waals surface area contributed by atoms with Gasteiger partial charge in [0, 0.05) is 31.0 Å². The molecule has 0 radical (unpaired) electrons. The second-order valence-electron chi connectivity index (χ2n) is 6.62. The maximum absolute atomic E-state index is 11.0. The van der Waals surface area contributed by atoms with Crippen molar-refractivity contribution in [2.75, 3.05) is 24.2 Å². The van der Waals surface area contributed by atoms with Crippen molar-refractivity contribution < 1.29 is 14.4 Å². The second-order valence-corrected chi connectivity index (χ2v) is 8.40. The molecule has 0 spiro atoms. The van der Waals surface area contributed by atoms with Crippen molar-refractivity contribution in [1.82, 2.24) is 19.5 Å². The van der Waals surface area contributed by atoms with Gasteiger partial charge in [0.15, 0.2) is 0 Å². The number of piperidine rings is 1. The van der Waals surface area contributed by atoms with Crippen LogP contribution in [-0.4, -0.2) is 48.6 Å². The molecule has 1 aliphatic rings. The highest BCUT2D eigenvalue weighted by Crippen LogP contribution is 2.38. The van der Waals surface area contributed by atoms with Crippen molar-refractivity contribution in [3.8, 4) is 5.82 Å². The summed E-state index contributed by atoms with van der Waals surface area (Å²) in [5.41, 5.74) is 1.03. The van der Waals surface area contributed by atoms with Crippen LogP contribution in [0.5, 0.6) is 0 Å². The van der Waals surface area contributed by atoms with Crippen molar-refractivity contribution in [3.63, 3.8) is 0 Å². The van der Waals surface area contributed by atoms with Gasteiger partial charge in [-0.25, -0.2) is 15.0 Å². The lowest BCUT2D eigenvalue weighted by molar-refractivity contribution is 0.350. The average molecular weight is 365 g/mol. The van der Waals surface area contributed by atoms with E-state index in [1.165, 1.54) is 0 Å². The molecule has 0 aliphatic carbocycles. The molecule has 8 nitrogen and oxygen atoms in total. The van der Waals surface area contributed by atoms with Gasteiger partial charge in [0.2, 0.25) is 0 Å². The van der Waals surface area contributed by atoms with E-state index in [0.717, 1.165) is 49.1 Å². The summed E-state index contributed by atoms with van der Waals surface area (Å²) in [6.07, 6.45) is 5.80. The van der Waals surface area contributed by atoms with Crippen LogP contribution in [0.3, 0.4) is 0 Å². The third-order valence-electron chi connectivity index (χ3n) is 4.75. The first-order valence-electron chi connectivity index (χ1n) is 8.46. The predicted octanol–water partition coefficient (Wildman–Crippen LogP) is 2.06. The first-order chi connectivity index (χ1) is 11.8. The lowest BCUT2D eigenvalue weighted by Crippen LogP contribution is -2.34. The Morgan fingerprint density at radius 2 is 1.84 bits per heavy atom. The van der Waals surface area contributed by atoms with E-state index in [1.54, 1.807) is 6.33 Å². The number of imidazole rings is 1. The van der Waals surface area contributed by atoms with Gasteiger partial charge in [0.25, 0.3) is 0 Å². The Morgan fingerprint density at radius 3 is 2.44 bits per heavy atom. The summed E-state index contributed by atoms with van der Waals surface area (Å²) in [6.45, 7) is 5.62. The Balaban J connectivity index is 1.66. The SMILES string of the molecule is Cc1cnc(C)n1-c1cc(N2CCC(CCP(=O)(O)O)CC2)ncn1. The highest BCUT2D eigenvalue weighted by atomic mass is 31.2. The van der Waals surface area contributed by atoms with Crippen LogP contribution in [0.15, 0.2) is 18.6 Å². The minimum absolute atomic E-state index is 0.0193. The Morgan fingerprint density at radius 1 is 1.16 bits per heavy atom. The third kappa shape index (κ3) is 4.45. The summed E-state index contributed by atoms with van der Waals surface area (Å²) in [5, 5.41) is 0. The molecule has 25 heavy (non-hydrogen) atoms. The van der Waals surface area contributed by atoms with Gasteiger partial charge in [-0.1, -0.05) is 0 Å². The molecule has 0 bridgehead atoms. The van der Waals surface area contributed by atoms with Gasteiger partial charge in [-0.05, 0) is 39.0 Å². The summed E-state index contributed by atoms with van der Waals surface area (Å²) >= 11 is 0. The minimum Gasteiger partial charge on any atom is -0.356 e. The highest BCUT2D eigenvalue weighted by molar-refractivity contribution is 7.51. The summed E-state index contributed by atoms with van der Waals surface area (Å²) in [4.78, 5) is 33.3. The Hall–Kier alpha value is -1.76. The molecular formula is C16H24N5O3P. The average Bonchev–Trinajstić information content (AvgIpc) is 2.92. The summed E-state index contributed by atoms with van der Waals surface area (Å²) in [7, 11) is -3.89. The first-order valence-corrected chi connectivity index (χ1v) is 10.3. The fourth-order valence-electron chi connectivity index (χ4n) is 3.34. The first kappa shape index (κ1) is 18.0. The molecule has 3 heterocycles. The minimum atomic E-state index is -3.89. The van der Waals surface area contributed by atoms with Crippen molar-refractivity contribution in [1.29, 1.82) is 0 Å². The molecule has 1 fully saturated rings. The number of rotatable bonds is 5. The number of hydrogen-bond acceptors (Lipinski definition) is 5. The van der Waals surface area contributed by atoms with Gasteiger partial charge in [-0.3, -0.25) is 9.13 Å². The molecule has 0 aromatic carbocycles. The Kier molecular flexibility index (Phi) is 5.22. The van der Waals surface area contributed by atoms with E-state index in [1.807, 2.05) is 30.7 Å². The van der Waals surface area contributed by atoms with Crippen LogP contribution < -0.4 is 4.90 Å². The zero-order valence-corrected chi connectivity index (χ0v) is 15.4. The zero-order chi connectivity index (χ0) is 18.0. The third-order valence-corrected chi connectivity index (χ3v) is 5.59. The smallest absolute Gasteiger partial charge is 0.325 e. The van der Waals surface area contributed by atoms with Gasteiger partial charge in [-0.2, -0.15) is 0 Å². The van der Waals surface area contributed by atoms with Crippen LogP contribution in [0.1, 0.15) is 30.8 Å². The monoisotopic (exact) mass is 365 g/mol. The number of aryl methyl sites for hydroxylation is 2. The van der Waals surface area contributed by atoms with Crippen molar-refractivity contribution in [2.24, 2.45) is 5.92 Å². The fourth-order valence-corrected chi connectivity index (χ4v) is 4.04. The van der Waals surface area contributed by atoms with Gasteiger partial charge in [-0.15, -0.1) is 0 Å². The lowest BCUT2D eigenvalue weighted by Gasteiger charge is -2.33. The van der Waals surface area contributed by atoms with Gasteiger partial charge >= 0.3 is 7.60 Å². The molecule has 1 aliphatic heterocycles. The second kappa shape index (κ2) is 7.23. The van der Waals surface area contributed by atoms with Crippen molar-refractivity contribution in [3.05, 3.63) is 30.1 Å². The van der Waals surface area contributed by atoms with Gasteiger partial charge in [0.05, 0.1) is 6.16 Å². The van der Waals surface area contributed by atoms with Crippen LogP contribution in [0.2, 0.25) is 0 Å². The van der Waals surface area contributed by atoms with E-state index in [-0.39, 0.29) is 6.16 Å². The Labute approximate surface area is 147 Å². The molecule has 3 rings (SSSR count). The molecule has 0 atom stereocenters. The molecule has 2 N–H and O–H groups in total. The molecule has 2 aromatic rings. The number of anilines is 1. The van der Waals surface area contributed by atoms with Gasteiger partial charge in [0.1, 0.15) is 23.8 Å². The van der Waals surface area contributed by atoms with E-state index in [2.05, 4.69) is 19.9 Å². The van der Waals surface area contributed by atoms with E-state index in [9.17, 15) is 4.57 Å². The Bertz CT molecular complexity index is 760. The van der Waals surface area contributed by atoms with Crippen LogP contribution in [0, 0.1) is 19.8 Å². The van der Waals surface area contributed by atoms with Gasteiger partial charge < -0.3 is 14.7 Å². The van der Waals surface area contributed by atoms with Crippen LogP contribution in [0.25, 0.3) is 5.82 Å². The number of aromatic nitrogens is 4. The van der Waals surface area contributed by atoms with Crippen LogP contribution in [0.4, 0.5) is 5.82 Å². The molecule has 1 saturated heterocycles. The molecule has 0 unspecified atom stereocenters. The summed E-state index contributed by atoms with van der Waals surface area (Å²) in [5.74, 6) is 2.94. The quantitative estimate of drug-likeness (QED) is 0.782. The normalized spacial score (nSPS) is 16.4. The number of nitrogens with zero attached hydrogens (tertiary/aromatic N) is 5. The van der Waals surface area contributed by atoms with E-state index in [0.29, 0.717) is 12.3 Å².